The van der Waals surface area contributed by atoms with Gasteiger partial charge in [-0.25, -0.2) is 0 Å². The van der Waals surface area contributed by atoms with Gasteiger partial charge in [0.1, 0.15) is 0 Å². The van der Waals surface area contributed by atoms with E-state index >= 15 is 0 Å². The Balaban J connectivity index is 1.94. The Labute approximate surface area is 294 Å². The molecule has 0 N–H and O–H groups in total. The van der Waals surface area contributed by atoms with Gasteiger partial charge in [0.2, 0.25) is 0 Å². The van der Waals surface area contributed by atoms with Crippen LogP contribution in [0.5, 0.6) is 0 Å². The summed E-state index contributed by atoms with van der Waals surface area (Å²) in [5.41, 5.74) is 14.4. The number of halogens is 6. The molecule has 0 atom stereocenters. The molecule has 44 heavy (non-hydrogen) atoms. The number of hydrogen-bond donors (Lipinski definition) is 0. The lowest BCUT2D eigenvalue weighted by Crippen LogP contribution is -2.54. The molecule has 0 aliphatic heterocycles. The molecule has 0 saturated heterocycles. The van der Waals surface area contributed by atoms with Gasteiger partial charge in [0.25, 0.3) is 0 Å². The van der Waals surface area contributed by atoms with Crippen molar-refractivity contribution in [3.05, 3.63) is 103 Å². The van der Waals surface area contributed by atoms with E-state index in [-0.39, 0.29) is 21.7 Å². The predicted molar refractivity (Wildman–Crippen MR) is 192 cm³/mol. The summed E-state index contributed by atoms with van der Waals surface area (Å²) in [6.07, 6.45) is 6.25. The van der Waals surface area contributed by atoms with E-state index in [0.29, 0.717) is 35.3 Å². The molecule has 3 aliphatic carbocycles. The summed E-state index contributed by atoms with van der Waals surface area (Å²) in [6, 6.07) is 14.6. The maximum absolute atomic E-state index is 6.69. The summed E-state index contributed by atoms with van der Waals surface area (Å²) in [4.78, 5) is 0. The first-order valence-corrected chi connectivity index (χ1v) is 19.3. The zero-order valence-corrected chi connectivity index (χ0v) is 30.8. The minimum atomic E-state index is -0.255. The van der Waals surface area contributed by atoms with Gasteiger partial charge in [0.15, 0.2) is 0 Å². The number of benzene rings is 3. The molecule has 0 aromatic heterocycles. The van der Waals surface area contributed by atoms with Gasteiger partial charge in [-0.15, -0.1) is 69.6 Å². The summed E-state index contributed by atoms with van der Waals surface area (Å²) in [5, 5.41) is 0. The van der Waals surface area contributed by atoms with Gasteiger partial charge in [-0.2, -0.15) is 0 Å². The quantitative estimate of drug-likeness (QED) is 0.164. The molecule has 0 nitrogen and oxygen atoms in total. The Hall–Kier alpha value is -0.600. The summed E-state index contributed by atoms with van der Waals surface area (Å²) >= 11 is 40.1. The lowest BCUT2D eigenvalue weighted by Gasteiger charge is -2.53. The molecule has 0 spiro atoms. The van der Waals surface area contributed by atoms with E-state index in [0.717, 1.165) is 71.9 Å². The first kappa shape index (κ1) is 33.3. The zero-order chi connectivity index (χ0) is 31.7. The van der Waals surface area contributed by atoms with Crippen molar-refractivity contribution in [2.75, 3.05) is 0 Å². The standard InChI is InChI=1S/C38H42Cl6/c1-5-8-36-29-11-23(17-39)25(19-41)13-31(29)37(9-6-2)33-15-27(21-43)28(22-44)16-34(33)38(10-7-3,35(36,37)4)32-14-26(20-42)24(18-40)12-30(32)36/h11-16H,5-10,17-22H2,1-4H3. The van der Waals surface area contributed by atoms with Crippen LogP contribution in [0.3, 0.4) is 0 Å². The van der Waals surface area contributed by atoms with Gasteiger partial charge in [-0.05, 0) is 86.0 Å². The fraction of sp³-hybridized carbons (Fsp3) is 0.526. The van der Waals surface area contributed by atoms with E-state index in [1.54, 1.807) is 0 Å². The summed E-state index contributed by atoms with van der Waals surface area (Å²) < 4.78 is 0. The second-order valence-corrected chi connectivity index (χ2v) is 15.0. The summed E-state index contributed by atoms with van der Waals surface area (Å²) in [7, 11) is 0. The van der Waals surface area contributed by atoms with Crippen LogP contribution >= 0.6 is 69.6 Å². The molecule has 0 bridgehead atoms. The molecule has 0 saturated carbocycles. The summed E-state index contributed by atoms with van der Waals surface area (Å²) in [6.45, 7) is 9.64. The van der Waals surface area contributed by atoms with E-state index in [4.69, 9.17) is 69.6 Å². The summed E-state index contributed by atoms with van der Waals surface area (Å²) in [5.74, 6) is 2.62. The fourth-order valence-electron chi connectivity index (χ4n) is 10.8. The lowest BCUT2D eigenvalue weighted by molar-refractivity contribution is 0.0540. The third-order valence-corrected chi connectivity index (χ3v) is 13.8. The van der Waals surface area contributed by atoms with Crippen molar-refractivity contribution >= 4 is 69.6 Å². The molecule has 6 heteroatoms. The maximum atomic E-state index is 6.69. The average Bonchev–Trinajstić information content (AvgIpc) is 3.44. The van der Waals surface area contributed by atoms with Crippen LogP contribution in [0.25, 0.3) is 0 Å². The molecule has 3 aromatic carbocycles. The topological polar surface area (TPSA) is 0 Å². The third-order valence-electron chi connectivity index (χ3n) is 12.1. The molecule has 3 aromatic rings. The molecule has 3 aliphatic rings. The number of alkyl halides is 6. The van der Waals surface area contributed by atoms with Crippen molar-refractivity contribution < 1.29 is 0 Å². The van der Waals surface area contributed by atoms with E-state index in [2.05, 4.69) is 64.1 Å². The van der Waals surface area contributed by atoms with Gasteiger partial charge >= 0.3 is 0 Å². The van der Waals surface area contributed by atoms with Crippen LogP contribution in [0, 0.1) is 5.41 Å². The molecule has 6 rings (SSSR count). The molecule has 0 heterocycles. The first-order valence-electron chi connectivity index (χ1n) is 16.1. The highest BCUT2D eigenvalue weighted by atomic mass is 35.5. The van der Waals surface area contributed by atoms with Gasteiger partial charge in [-0.3, -0.25) is 0 Å². The highest BCUT2D eigenvalue weighted by Gasteiger charge is 2.82. The molecule has 0 unspecified atom stereocenters. The lowest BCUT2D eigenvalue weighted by atomic mass is 9.48. The number of rotatable bonds is 12. The van der Waals surface area contributed by atoms with E-state index in [9.17, 15) is 0 Å². The van der Waals surface area contributed by atoms with Crippen molar-refractivity contribution in [2.24, 2.45) is 5.41 Å². The van der Waals surface area contributed by atoms with Crippen molar-refractivity contribution in [1.29, 1.82) is 0 Å². The molecule has 0 amide bonds. The predicted octanol–water partition coefficient (Wildman–Crippen LogP) is 12.7. The highest BCUT2D eigenvalue weighted by molar-refractivity contribution is 6.20. The van der Waals surface area contributed by atoms with Crippen LogP contribution in [-0.4, -0.2) is 0 Å². The van der Waals surface area contributed by atoms with Crippen LogP contribution in [0.2, 0.25) is 0 Å². The van der Waals surface area contributed by atoms with E-state index in [1.807, 2.05) is 0 Å². The van der Waals surface area contributed by atoms with E-state index in [1.165, 1.54) is 33.4 Å². The SMILES string of the molecule is CCCC12c3cc(CCl)c(CCl)cc3C3(CCC)c4cc(CCl)c(CCl)cc4C(CCC)(c4cc(CCl)c(CCl)cc41)C23C. The Morgan fingerprint density at radius 3 is 0.705 bits per heavy atom. The second-order valence-electron chi connectivity index (χ2n) is 13.4. The Bertz CT molecular complexity index is 1320. The Morgan fingerprint density at radius 1 is 0.386 bits per heavy atom. The minimum absolute atomic E-state index is 0.209. The van der Waals surface area contributed by atoms with Crippen LogP contribution in [-0.2, 0) is 51.5 Å². The fourth-order valence-corrected chi connectivity index (χ4v) is 12.3. The van der Waals surface area contributed by atoms with Gasteiger partial charge < -0.3 is 0 Å². The van der Waals surface area contributed by atoms with Crippen LogP contribution in [0.4, 0.5) is 0 Å². The maximum Gasteiger partial charge on any atom is 0.0477 e. The zero-order valence-electron chi connectivity index (χ0n) is 26.2. The smallest absolute Gasteiger partial charge is 0.0477 e. The van der Waals surface area contributed by atoms with Crippen molar-refractivity contribution in [2.45, 2.75) is 118 Å². The number of fused-ring (bicyclic) bond motifs is 9. The van der Waals surface area contributed by atoms with Gasteiger partial charge in [0, 0.05) is 56.9 Å². The first-order chi connectivity index (χ1) is 21.3. The average molecular weight is 711 g/mol. The van der Waals surface area contributed by atoms with E-state index < -0.39 is 0 Å². The van der Waals surface area contributed by atoms with Crippen LogP contribution in [0.15, 0.2) is 36.4 Å². The molecule has 0 fully saturated rings. The van der Waals surface area contributed by atoms with Crippen molar-refractivity contribution in [1.82, 2.24) is 0 Å². The molecule has 0 radical (unpaired) electrons. The molecular formula is C38H42Cl6. The highest BCUT2D eigenvalue weighted by Crippen LogP contribution is 2.85. The van der Waals surface area contributed by atoms with Crippen molar-refractivity contribution in [3.63, 3.8) is 0 Å². The second kappa shape index (κ2) is 12.1. The van der Waals surface area contributed by atoms with Crippen LogP contribution in [0.1, 0.15) is 133 Å². The normalized spacial score (nSPS) is 27.4. The van der Waals surface area contributed by atoms with Gasteiger partial charge in [-0.1, -0.05) is 83.4 Å². The Kier molecular flexibility index (Phi) is 9.18. The number of hydrogen-bond acceptors (Lipinski definition) is 0. The Morgan fingerprint density at radius 2 is 0.568 bits per heavy atom. The monoisotopic (exact) mass is 708 g/mol. The van der Waals surface area contributed by atoms with Gasteiger partial charge in [0.05, 0.1) is 0 Å². The van der Waals surface area contributed by atoms with Crippen LogP contribution < -0.4 is 0 Å². The van der Waals surface area contributed by atoms with Crippen molar-refractivity contribution in [3.8, 4) is 0 Å². The molecular weight excluding hydrogens is 669 g/mol. The third kappa shape index (κ3) is 3.74. The molecule has 236 valence electrons. The minimum Gasteiger partial charge on any atom is -0.122 e. The largest absolute Gasteiger partial charge is 0.122 e.